The fourth-order valence-electron chi connectivity index (χ4n) is 4.22. The monoisotopic (exact) mass is 252 g/mol. The van der Waals surface area contributed by atoms with Gasteiger partial charge in [-0.1, -0.05) is 27.2 Å². The Hall–Kier alpha value is -0.0800. The van der Waals surface area contributed by atoms with Crippen molar-refractivity contribution in [1.29, 1.82) is 0 Å². The molecule has 0 spiro atoms. The molecule has 0 radical (unpaired) electrons. The Labute approximate surface area is 114 Å². The van der Waals surface area contributed by atoms with Gasteiger partial charge >= 0.3 is 0 Å². The number of rotatable bonds is 5. The normalized spacial score (nSPS) is 34.5. The summed E-state index contributed by atoms with van der Waals surface area (Å²) in [6.45, 7) is 15.8. The Morgan fingerprint density at radius 2 is 1.94 bits per heavy atom. The van der Waals surface area contributed by atoms with Crippen LogP contribution in [0.15, 0.2) is 0 Å². The van der Waals surface area contributed by atoms with E-state index in [1.807, 2.05) is 0 Å². The molecule has 2 saturated heterocycles. The van der Waals surface area contributed by atoms with Crippen LogP contribution in [0.2, 0.25) is 0 Å². The molecule has 0 bridgehead atoms. The van der Waals surface area contributed by atoms with Crippen molar-refractivity contribution in [3.05, 3.63) is 0 Å². The summed E-state index contributed by atoms with van der Waals surface area (Å²) in [6, 6.07) is 0.792. The largest absolute Gasteiger partial charge is 0.316 e. The smallest absolute Gasteiger partial charge is 0.0200 e. The van der Waals surface area contributed by atoms with Crippen LogP contribution in [-0.4, -0.2) is 36.1 Å². The van der Waals surface area contributed by atoms with Crippen molar-refractivity contribution in [3.8, 4) is 0 Å². The first kappa shape index (κ1) is 14.3. The average molecular weight is 252 g/mol. The Balaban J connectivity index is 2.07. The van der Waals surface area contributed by atoms with Gasteiger partial charge in [0.15, 0.2) is 0 Å². The molecule has 0 saturated carbocycles. The van der Waals surface area contributed by atoms with Gasteiger partial charge in [-0.15, -0.1) is 0 Å². The van der Waals surface area contributed by atoms with Crippen LogP contribution in [0.1, 0.15) is 53.9 Å². The summed E-state index contributed by atoms with van der Waals surface area (Å²) in [7, 11) is 0. The minimum absolute atomic E-state index is 0.391. The molecule has 4 unspecified atom stereocenters. The fourth-order valence-corrected chi connectivity index (χ4v) is 4.22. The van der Waals surface area contributed by atoms with Gasteiger partial charge in [0, 0.05) is 24.7 Å². The van der Waals surface area contributed by atoms with Crippen LogP contribution in [-0.2, 0) is 0 Å². The third-order valence-electron chi connectivity index (χ3n) is 5.70. The van der Waals surface area contributed by atoms with Crippen LogP contribution >= 0.6 is 0 Å². The molecule has 2 heterocycles. The first-order valence-corrected chi connectivity index (χ1v) is 7.98. The van der Waals surface area contributed by atoms with E-state index in [-0.39, 0.29) is 0 Å². The Bertz CT molecular complexity index is 274. The van der Waals surface area contributed by atoms with Crippen LogP contribution in [0.4, 0.5) is 0 Å². The summed E-state index contributed by atoms with van der Waals surface area (Å²) in [5.74, 6) is 2.62. The van der Waals surface area contributed by atoms with Crippen molar-refractivity contribution < 1.29 is 0 Å². The van der Waals surface area contributed by atoms with E-state index in [1.165, 1.54) is 38.9 Å². The van der Waals surface area contributed by atoms with Crippen LogP contribution in [0.25, 0.3) is 0 Å². The Morgan fingerprint density at radius 3 is 2.50 bits per heavy atom. The van der Waals surface area contributed by atoms with Crippen LogP contribution < -0.4 is 5.32 Å². The third-order valence-corrected chi connectivity index (χ3v) is 5.70. The first-order valence-electron chi connectivity index (χ1n) is 7.98. The molecule has 2 heteroatoms. The lowest BCUT2D eigenvalue weighted by Crippen LogP contribution is -2.50. The molecule has 1 N–H and O–H groups in total. The van der Waals surface area contributed by atoms with Crippen molar-refractivity contribution in [1.82, 2.24) is 10.2 Å². The molecule has 0 aromatic rings. The predicted molar refractivity (Wildman–Crippen MR) is 78.8 cm³/mol. The highest BCUT2D eigenvalue weighted by atomic mass is 15.3. The standard InChI is InChI=1S/C16H32N2/c1-6-12(3)8-14(7-2)18-11-13-9-17-10-15(13)16(18,4)5/h12-15,17H,6-11H2,1-5H3. The van der Waals surface area contributed by atoms with E-state index in [0.717, 1.165) is 23.8 Å². The van der Waals surface area contributed by atoms with Crippen LogP contribution in [0.5, 0.6) is 0 Å². The minimum Gasteiger partial charge on any atom is -0.316 e. The van der Waals surface area contributed by atoms with Crippen molar-refractivity contribution in [3.63, 3.8) is 0 Å². The molecular weight excluding hydrogens is 220 g/mol. The molecular formula is C16H32N2. The lowest BCUT2D eigenvalue weighted by Gasteiger charge is -2.41. The molecule has 2 fully saturated rings. The molecule has 2 nitrogen and oxygen atoms in total. The van der Waals surface area contributed by atoms with Crippen molar-refractivity contribution >= 4 is 0 Å². The van der Waals surface area contributed by atoms with Crippen molar-refractivity contribution in [2.24, 2.45) is 17.8 Å². The van der Waals surface area contributed by atoms with E-state index in [4.69, 9.17) is 0 Å². The van der Waals surface area contributed by atoms with Gasteiger partial charge in [-0.2, -0.15) is 0 Å². The zero-order chi connectivity index (χ0) is 13.3. The molecule has 2 rings (SSSR count). The number of nitrogens with zero attached hydrogens (tertiary/aromatic N) is 1. The highest BCUT2D eigenvalue weighted by molar-refractivity contribution is 5.06. The van der Waals surface area contributed by atoms with E-state index in [0.29, 0.717) is 5.54 Å². The van der Waals surface area contributed by atoms with Crippen molar-refractivity contribution in [2.75, 3.05) is 19.6 Å². The highest BCUT2D eigenvalue weighted by Crippen LogP contribution is 2.43. The molecule has 0 amide bonds. The Kier molecular flexibility index (Phi) is 4.38. The fraction of sp³-hybridized carbons (Fsp3) is 1.00. The van der Waals surface area contributed by atoms with Crippen LogP contribution in [0, 0.1) is 17.8 Å². The van der Waals surface area contributed by atoms with Gasteiger partial charge in [0.05, 0.1) is 0 Å². The van der Waals surface area contributed by atoms with Gasteiger partial charge in [-0.25, -0.2) is 0 Å². The number of hydrogen-bond donors (Lipinski definition) is 1. The second kappa shape index (κ2) is 5.50. The zero-order valence-corrected chi connectivity index (χ0v) is 13.0. The summed E-state index contributed by atoms with van der Waals surface area (Å²) in [5, 5.41) is 3.58. The molecule has 18 heavy (non-hydrogen) atoms. The van der Waals surface area contributed by atoms with Gasteiger partial charge in [0.2, 0.25) is 0 Å². The molecule has 0 aliphatic carbocycles. The highest BCUT2D eigenvalue weighted by Gasteiger charge is 2.51. The second-order valence-electron chi connectivity index (χ2n) is 7.14. The summed E-state index contributed by atoms with van der Waals surface area (Å²) in [5.41, 5.74) is 0.391. The lowest BCUT2D eigenvalue weighted by molar-refractivity contribution is 0.0732. The number of nitrogens with one attached hydrogen (secondary N) is 1. The maximum atomic E-state index is 3.58. The molecule has 0 aromatic carbocycles. The van der Waals surface area contributed by atoms with Gasteiger partial charge in [-0.3, -0.25) is 4.90 Å². The number of fused-ring (bicyclic) bond motifs is 1. The second-order valence-corrected chi connectivity index (χ2v) is 7.14. The maximum Gasteiger partial charge on any atom is 0.0200 e. The van der Waals surface area contributed by atoms with Gasteiger partial charge in [0.25, 0.3) is 0 Å². The van der Waals surface area contributed by atoms with E-state index in [2.05, 4.69) is 44.8 Å². The molecule has 0 aromatic heterocycles. The quantitative estimate of drug-likeness (QED) is 0.809. The SMILES string of the molecule is CCC(C)CC(CC)N1CC2CNCC2C1(C)C. The Morgan fingerprint density at radius 1 is 1.22 bits per heavy atom. The zero-order valence-electron chi connectivity index (χ0n) is 13.0. The van der Waals surface area contributed by atoms with E-state index >= 15 is 0 Å². The molecule has 2 aliphatic heterocycles. The van der Waals surface area contributed by atoms with Crippen molar-refractivity contribution in [2.45, 2.75) is 65.5 Å². The molecule has 4 atom stereocenters. The van der Waals surface area contributed by atoms with Crippen LogP contribution in [0.3, 0.4) is 0 Å². The topological polar surface area (TPSA) is 15.3 Å². The minimum atomic E-state index is 0.391. The van der Waals surface area contributed by atoms with Gasteiger partial charge in [0.1, 0.15) is 0 Å². The lowest BCUT2D eigenvalue weighted by atomic mass is 9.84. The van der Waals surface area contributed by atoms with Gasteiger partial charge < -0.3 is 5.32 Å². The van der Waals surface area contributed by atoms with E-state index < -0.39 is 0 Å². The summed E-state index contributed by atoms with van der Waals surface area (Å²) in [6.07, 6.45) is 4.00. The van der Waals surface area contributed by atoms with E-state index in [9.17, 15) is 0 Å². The number of hydrogen-bond acceptors (Lipinski definition) is 2. The first-order chi connectivity index (χ1) is 8.50. The summed E-state index contributed by atoms with van der Waals surface area (Å²) >= 11 is 0. The average Bonchev–Trinajstić information content (AvgIpc) is 2.89. The maximum absolute atomic E-state index is 3.58. The predicted octanol–water partition coefficient (Wildman–Crippen LogP) is 3.13. The third kappa shape index (κ3) is 2.46. The van der Waals surface area contributed by atoms with E-state index in [1.54, 1.807) is 0 Å². The summed E-state index contributed by atoms with van der Waals surface area (Å²) in [4.78, 5) is 2.84. The molecule has 106 valence electrons. The molecule has 2 aliphatic rings. The van der Waals surface area contributed by atoms with Gasteiger partial charge in [-0.05, 0) is 51.0 Å². The number of likely N-dealkylation sites (tertiary alicyclic amines) is 1. The summed E-state index contributed by atoms with van der Waals surface area (Å²) < 4.78 is 0.